The number of fused-ring (bicyclic) bond motifs is 1. The SMILES string of the molecule is C#CCCC1(CCC(=O)NCCn2c(=O)oc3ccccc32)N=N1. The zero-order chi connectivity index (χ0) is 17.0. The highest BCUT2D eigenvalue weighted by molar-refractivity contribution is 5.76. The van der Waals surface area contributed by atoms with Crippen LogP contribution in [0.2, 0.25) is 0 Å². The topological polar surface area (TPSA) is 89.0 Å². The first-order chi connectivity index (χ1) is 11.6. The summed E-state index contributed by atoms with van der Waals surface area (Å²) in [7, 11) is 0. The predicted molar refractivity (Wildman–Crippen MR) is 88.4 cm³/mol. The molecule has 2 aromatic rings. The average Bonchev–Trinajstić information content (AvgIpc) is 3.29. The van der Waals surface area contributed by atoms with Crippen LogP contribution in [0.15, 0.2) is 43.7 Å². The molecule has 1 aliphatic heterocycles. The fourth-order valence-corrected chi connectivity index (χ4v) is 2.60. The van der Waals surface area contributed by atoms with E-state index in [1.807, 2.05) is 12.1 Å². The van der Waals surface area contributed by atoms with Crippen LogP contribution in [0.4, 0.5) is 0 Å². The van der Waals surface area contributed by atoms with E-state index in [-0.39, 0.29) is 5.91 Å². The van der Waals surface area contributed by atoms with Gasteiger partial charge in [-0.1, -0.05) is 12.1 Å². The molecule has 124 valence electrons. The normalized spacial score (nSPS) is 14.5. The highest BCUT2D eigenvalue weighted by Crippen LogP contribution is 2.37. The van der Waals surface area contributed by atoms with Gasteiger partial charge in [-0.15, -0.1) is 12.3 Å². The molecule has 1 aromatic heterocycles. The van der Waals surface area contributed by atoms with E-state index in [0.29, 0.717) is 44.4 Å². The molecule has 0 spiro atoms. The van der Waals surface area contributed by atoms with Gasteiger partial charge in [-0.05, 0) is 12.1 Å². The molecule has 7 heteroatoms. The van der Waals surface area contributed by atoms with Gasteiger partial charge in [0.05, 0.1) is 5.52 Å². The molecule has 1 aliphatic rings. The monoisotopic (exact) mass is 326 g/mol. The molecule has 24 heavy (non-hydrogen) atoms. The van der Waals surface area contributed by atoms with Gasteiger partial charge in [0, 0.05) is 38.8 Å². The van der Waals surface area contributed by atoms with Crippen molar-refractivity contribution in [1.29, 1.82) is 0 Å². The van der Waals surface area contributed by atoms with Crippen LogP contribution >= 0.6 is 0 Å². The smallest absolute Gasteiger partial charge is 0.408 e. The second-order valence-electron chi connectivity index (χ2n) is 5.72. The van der Waals surface area contributed by atoms with Crippen molar-refractivity contribution in [3.8, 4) is 12.3 Å². The molecule has 0 atom stereocenters. The Hall–Kier alpha value is -2.88. The van der Waals surface area contributed by atoms with E-state index < -0.39 is 11.4 Å². The molecular formula is C17H18N4O3. The number of amides is 1. The van der Waals surface area contributed by atoms with Crippen LogP contribution in [0.25, 0.3) is 11.1 Å². The van der Waals surface area contributed by atoms with Crippen LogP contribution in [0.5, 0.6) is 0 Å². The third kappa shape index (κ3) is 3.54. The van der Waals surface area contributed by atoms with Crippen molar-refractivity contribution in [2.75, 3.05) is 6.54 Å². The number of carbonyl (C=O) groups excluding carboxylic acids is 1. The number of hydrogen-bond donors (Lipinski definition) is 1. The number of nitrogens with one attached hydrogen (secondary N) is 1. The van der Waals surface area contributed by atoms with Crippen LogP contribution in [0, 0.1) is 12.3 Å². The van der Waals surface area contributed by atoms with Crippen molar-refractivity contribution in [2.24, 2.45) is 10.2 Å². The maximum absolute atomic E-state index is 11.9. The average molecular weight is 326 g/mol. The minimum atomic E-state index is -0.443. The summed E-state index contributed by atoms with van der Waals surface area (Å²) in [5.41, 5.74) is 0.823. The summed E-state index contributed by atoms with van der Waals surface area (Å²) in [6, 6.07) is 7.20. The summed E-state index contributed by atoms with van der Waals surface area (Å²) in [5, 5.41) is 10.8. The zero-order valence-corrected chi connectivity index (χ0v) is 13.2. The molecule has 0 radical (unpaired) electrons. The fraction of sp³-hybridized carbons (Fsp3) is 0.412. The van der Waals surface area contributed by atoms with E-state index in [4.69, 9.17) is 10.8 Å². The van der Waals surface area contributed by atoms with Crippen molar-refractivity contribution >= 4 is 17.0 Å². The molecule has 0 unspecified atom stereocenters. The Bertz CT molecular complexity index is 866. The molecule has 0 saturated heterocycles. The van der Waals surface area contributed by atoms with Gasteiger partial charge in [0.15, 0.2) is 11.2 Å². The number of benzene rings is 1. The maximum Gasteiger partial charge on any atom is 0.420 e. The van der Waals surface area contributed by atoms with Crippen LogP contribution in [-0.4, -0.2) is 22.7 Å². The summed E-state index contributed by atoms with van der Waals surface area (Å²) in [6.45, 7) is 0.715. The molecule has 0 saturated carbocycles. The number of carbonyl (C=O) groups is 1. The summed E-state index contributed by atoms with van der Waals surface area (Å²) in [4.78, 5) is 23.7. The maximum atomic E-state index is 11.9. The van der Waals surface area contributed by atoms with Crippen molar-refractivity contribution in [3.05, 3.63) is 34.8 Å². The molecule has 2 heterocycles. The minimum absolute atomic E-state index is 0.0896. The number of rotatable bonds is 8. The lowest BCUT2D eigenvalue weighted by molar-refractivity contribution is -0.121. The fourth-order valence-electron chi connectivity index (χ4n) is 2.60. The zero-order valence-electron chi connectivity index (χ0n) is 13.2. The van der Waals surface area contributed by atoms with E-state index in [0.717, 1.165) is 5.52 Å². The molecule has 7 nitrogen and oxygen atoms in total. The van der Waals surface area contributed by atoms with Gasteiger partial charge in [0.2, 0.25) is 5.91 Å². The lowest BCUT2D eigenvalue weighted by atomic mass is 10.0. The van der Waals surface area contributed by atoms with E-state index in [2.05, 4.69) is 21.5 Å². The van der Waals surface area contributed by atoms with Gasteiger partial charge >= 0.3 is 5.76 Å². The highest BCUT2D eigenvalue weighted by atomic mass is 16.4. The van der Waals surface area contributed by atoms with Crippen molar-refractivity contribution in [3.63, 3.8) is 0 Å². The van der Waals surface area contributed by atoms with Crippen LogP contribution in [0.1, 0.15) is 25.7 Å². The summed E-state index contributed by atoms with van der Waals surface area (Å²) < 4.78 is 6.66. The Balaban J connectivity index is 1.46. The first kappa shape index (κ1) is 16.0. The third-order valence-corrected chi connectivity index (χ3v) is 4.04. The van der Waals surface area contributed by atoms with E-state index in [1.54, 1.807) is 12.1 Å². The van der Waals surface area contributed by atoms with Gasteiger partial charge in [0.25, 0.3) is 0 Å². The Morgan fingerprint density at radius 1 is 1.33 bits per heavy atom. The second-order valence-corrected chi connectivity index (χ2v) is 5.72. The quantitative estimate of drug-likeness (QED) is 0.753. The van der Waals surface area contributed by atoms with E-state index in [1.165, 1.54) is 4.57 Å². The molecule has 0 bridgehead atoms. The molecule has 1 N–H and O–H groups in total. The second kappa shape index (κ2) is 6.71. The van der Waals surface area contributed by atoms with Crippen LogP contribution in [-0.2, 0) is 11.3 Å². The lowest BCUT2D eigenvalue weighted by Gasteiger charge is -2.09. The first-order valence-corrected chi connectivity index (χ1v) is 7.86. The van der Waals surface area contributed by atoms with Crippen molar-refractivity contribution in [2.45, 2.75) is 37.9 Å². The van der Waals surface area contributed by atoms with E-state index in [9.17, 15) is 9.59 Å². The molecular weight excluding hydrogens is 308 g/mol. The van der Waals surface area contributed by atoms with Gasteiger partial charge in [-0.25, -0.2) is 4.79 Å². The minimum Gasteiger partial charge on any atom is -0.408 e. The Morgan fingerprint density at radius 2 is 2.12 bits per heavy atom. The van der Waals surface area contributed by atoms with Gasteiger partial charge < -0.3 is 9.73 Å². The number of terminal acetylenes is 1. The number of aromatic nitrogens is 1. The van der Waals surface area contributed by atoms with Crippen LogP contribution < -0.4 is 11.1 Å². The third-order valence-electron chi connectivity index (χ3n) is 4.04. The standard InChI is InChI=1S/C17H18N4O3/c1-2-3-9-17(19-20-17)10-8-15(22)18-11-12-21-13-6-4-5-7-14(13)24-16(21)23/h1,4-7H,3,8-12H2,(H,18,22). The Kier molecular flexibility index (Phi) is 4.47. The summed E-state index contributed by atoms with van der Waals surface area (Å²) in [6.07, 6.45) is 7.42. The molecule has 3 rings (SSSR count). The Morgan fingerprint density at radius 3 is 2.88 bits per heavy atom. The lowest BCUT2D eigenvalue weighted by Crippen LogP contribution is -2.30. The number of para-hydroxylation sites is 2. The molecule has 0 fully saturated rings. The largest absolute Gasteiger partial charge is 0.420 e. The molecule has 1 amide bonds. The summed E-state index contributed by atoms with van der Waals surface area (Å²) in [5.74, 6) is 2.05. The first-order valence-electron chi connectivity index (χ1n) is 7.86. The number of hydrogen-bond acceptors (Lipinski definition) is 5. The summed E-state index contributed by atoms with van der Waals surface area (Å²) >= 11 is 0. The highest BCUT2D eigenvalue weighted by Gasteiger charge is 2.39. The van der Waals surface area contributed by atoms with Crippen molar-refractivity contribution < 1.29 is 9.21 Å². The van der Waals surface area contributed by atoms with Crippen molar-refractivity contribution in [1.82, 2.24) is 9.88 Å². The number of nitrogens with zero attached hydrogens (tertiary/aromatic N) is 3. The van der Waals surface area contributed by atoms with Gasteiger partial charge in [0.1, 0.15) is 0 Å². The predicted octanol–water partition coefficient (Wildman–Crippen LogP) is 2.07. The number of oxazole rings is 1. The van der Waals surface area contributed by atoms with Gasteiger partial charge in [-0.2, -0.15) is 10.2 Å². The van der Waals surface area contributed by atoms with Gasteiger partial charge in [-0.3, -0.25) is 9.36 Å². The molecule has 1 aromatic carbocycles. The van der Waals surface area contributed by atoms with E-state index >= 15 is 0 Å². The molecule has 0 aliphatic carbocycles. The van der Waals surface area contributed by atoms with Crippen LogP contribution in [0.3, 0.4) is 0 Å². The Labute approximate surface area is 138 Å².